The van der Waals surface area contributed by atoms with Crippen LogP contribution in [0, 0.1) is 11.6 Å². The number of para-hydroxylation sites is 1. The molecule has 0 fully saturated rings. The number of halogens is 2. The summed E-state index contributed by atoms with van der Waals surface area (Å²) in [6.07, 6.45) is 2.13. The van der Waals surface area contributed by atoms with Crippen LogP contribution in [0.4, 0.5) is 14.6 Å². The summed E-state index contributed by atoms with van der Waals surface area (Å²) in [4.78, 5) is 18.3. The summed E-state index contributed by atoms with van der Waals surface area (Å²) in [5, 5.41) is 3.32. The molecule has 6 nitrogen and oxygen atoms in total. The second-order valence-corrected chi connectivity index (χ2v) is 7.82. The van der Waals surface area contributed by atoms with Crippen LogP contribution < -0.4 is 10.1 Å². The molecule has 0 aliphatic rings. The average molecular weight is 469 g/mol. The number of methoxy groups -OCH3 is 1. The van der Waals surface area contributed by atoms with Crippen LogP contribution in [-0.2, 0) is 6.42 Å². The van der Waals surface area contributed by atoms with Crippen molar-refractivity contribution in [2.45, 2.75) is 6.42 Å². The summed E-state index contributed by atoms with van der Waals surface area (Å²) >= 11 is 0. The highest BCUT2D eigenvalue weighted by Gasteiger charge is 2.17. The highest BCUT2D eigenvalue weighted by atomic mass is 19.1. The minimum absolute atomic E-state index is 0.352. The summed E-state index contributed by atoms with van der Waals surface area (Å²) in [5.41, 5.74) is 4.32. The summed E-state index contributed by atoms with van der Waals surface area (Å²) in [5.74, 6) is 0.651. The van der Waals surface area contributed by atoms with Crippen LogP contribution in [0.2, 0.25) is 0 Å². The van der Waals surface area contributed by atoms with Crippen molar-refractivity contribution in [3.8, 4) is 28.3 Å². The van der Waals surface area contributed by atoms with Crippen molar-refractivity contribution in [1.82, 2.24) is 19.9 Å². The molecule has 2 heterocycles. The van der Waals surface area contributed by atoms with E-state index in [4.69, 9.17) is 14.7 Å². The molecule has 35 heavy (non-hydrogen) atoms. The van der Waals surface area contributed by atoms with E-state index < -0.39 is 0 Å². The summed E-state index contributed by atoms with van der Waals surface area (Å²) in [6, 6.07) is 19.8. The fourth-order valence-corrected chi connectivity index (χ4v) is 3.85. The molecule has 0 bridgehead atoms. The molecule has 1 N–H and O–H groups in total. The smallest absolute Gasteiger partial charge is 0.184 e. The third-order valence-corrected chi connectivity index (χ3v) is 5.58. The number of anilines is 1. The summed E-state index contributed by atoms with van der Waals surface area (Å²) < 4.78 is 32.6. The van der Waals surface area contributed by atoms with Crippen LogP contribution in [0.1, 0.15) is 5.56 Å². The van der Waals surface area contributed by atoms with Crippen molar-refractivity contribution >= 4 is 17.0 Å². The van der Waals surface area contributed by atoms with Crippen molar-refractivity contribution in [3.05, 3.63) is 96.3 Å². The van der Waals surface area contributed by atoms with Gasteiger partial charge in [-0.3, -0.25) is 0 Å². The van der Waals surface area contributed by atoms with Crippen molar-refractivity contribution in [2.24, 2.45) is 0 Å². The summed E-state index contributed by atoms with van der Waals surface area (Å²) in [7, 11) is 1.65. The Morgan fingerprint density at radius 3 is 2.06 bits per heavy atom. The van der Waals surface area contributed by atoms with Crippen molar-refractivity contribution < 1.29 is 13.5 Å². The molecule has 174 valence electrons. The molecule has 0 aliphatic heterocycles. The molecule has 0 amide bonds. The zero-order valence-corrected chi connectivity index (χ0v) is 18.9. The molecule has 2 aromatic heterocycles. The molecule has 5 aromatic rings. The summed E-state index contributed by atoms with van der Waals surface area (Å²) in [6.45, 7) is 0.583. The Morgan fingerprint density at radius 1 is 0.771 bits per heavy atom. The van der Waals surface area contributed by atoms with Gasteiger partial charge in [0.2, 0.25) is 0 Å². The molecule has 0 atom stereocenters. The standard InChI is InChI=1S/C27H21F2N5O/c1-35-22-5-3-2-4-17(22)14-15-30-26-25-27(32-16-31-26)34-24(19-8-12-21(29)13-9-19)23(33-25)18-6-10-20(28)11-7-18/h2-13,16H,14-15H2,1H3,(H,30,31,32,34). The lowest BCUT2D eigenvalue weighted by Crippen LogP contribution is -2.09. The minimum Gasteiger partial charge on any atom is -0.496 e. The van der Waals surface area contributed by atoms with E-state index in [9.17, 15) is 8.78 Å². The zero-order chi connectivity index (χ0) is 24.2. The van der Waals surface area contributed by atoms with E-state index in [1.165, 1.54) is 30.6 Å². The maximum atomic E-state index is 13.6. The van der Waals surface area contributed by atoms with Crippen LogP contribution in [0.15, 0.2) is 79.1 Å². The quantitative estimate of drug-likeness (QED) is 0.330. The first-order valence-electron chi connectivity index (χ1n) is 11.0. The highest BCUT2D eigenvalue weighted by Crippen LogP contribution is 2.32. The second kappa shape index (κ2) is 9.80. The van der Waals surface area contributed by atoms with E-state index in [2.05, 4.69) is 15.3 Å². The van der Waals surface area contributed by atoms with Gasteiger partial charge in [0.15, 0.2) is 17.0 Å². The SMILES string of the molecule is COc1ccccc1CCNc1ncnc2nc(-c3ccc(F)cc3)c(-c3ccc(F)cc3)nc12. The number of fused-ring (bicyclic) bond motifs is 1. The largest absolute Gasteiger partial charge is 0.496 e. The molecule has 0 saturated carbocycles. The van der Waals surface area contributed by atoms with Gasteiger partial charge in [-0.05, 0) is 66.6 Å². The van der Waals surface area contributed by atoms with Gasteiger partial charge in [0, 0.05) is 17.7 Å². The third kappa shape index (κ3) is 4.77. The van der Waals surface area contributed by atoms with Gasteiger partial charge in [-0.2, -0.15) is 0 Å². The molecular formula is C27H21F2N5O. The molecule has 0 radical (unpaired) electrons. The van der Waals surface area contributed by atoms with E-state index in [1.807, 2.05) is 24.3 Å². The normalized spacial score (nSPS) is 10.9. The third-order valence-electron chi connectivity index (χ3n) is 5.58. The number of benzene rings is 3. The van der Waals surface area contributed by atoms with E-state index in [0.717, 1.165) is 11.3 Å². The number of nitrogens with zero attached hydrogens (tertiary/aromatic N) is 4. The number of rotatable bonds is 7. The van der Waals surface area contributed by atoms with Crippen molar-refractivity contribution in [2.75, 3.05) is 19.0 Å². The van der Waals surface area contributed by atoms with E-state index >= 15 is 0 Å². The van der Waals surface area contributed by atoms with Gasteiger partial charge in [0.05, 0.1) is 18.5 Å². The van der Waals surface area contributed by atoms with Gasteiger partial charge >= 0.3 is 0 Å². The molecule has 8 heteroatoms. The van der Waals surface area contributed by atoms with E-state index in [0.29, 0.717) is 52.5 Å². The maximum absolute atomic E-state index is 13.6. The van der Waals surface area contributed by atoms with Gasteiger partial charge < -0.3 is 10.1 Å². The molecular weight excluding hydrogens is 448 g/mol. The number of nitrogens with one attached hydrogen (secondary N) is 1. The van der Waals surface area contributed by atoms with E-state index in [1.54, 1.807) is 31.4 Å². The molecule has 0 aliphatic carbocycles. The number of aromatic nitrogens is 4. The lowest BCUT2D eigenvalue weighted by atomic mass is 10.0. The first-order chi connectivity index (χ1) is 17.1. The fraction of sp³-hybridized carbons (Fsp3) is 0.111. The van der Waals surface area contributed by atoms with Crippen LogP contribution >= 0.6 is 0 Å². The minimum atomic E-state index is -0.354. The molecule has 3 aromatic carbocycles. The van der Waals surface area contributed by atoms with Gasteiger partial charge in [-0.15, -0.1) is 0 Å². The highest BCUT2D eigenvalue weighted by molar-refractivity contribution is 5.89. The maximum Gasteiger partial charge on any atom is 0.184 e. The van der Waals surface area contributed by atoms with Crippen molar-refractivity contribution in [3.63, 3.8) is 0 Å². The van der Waals surface area contributed by atoms with Gasteiger partial charge in [0.1, 0.15) is 23.7 Å². The lowest BCUT2D eigenvalue weighted by molar-refractivity contribution is 0.410. The van der Waals surface area contributed by atoms with Crippen LogP contribution in [0.5, 0.6) is 5.75 Å². The first kappa shape index (κ1) is 22.3. The Balaban J connectivity index is 1.55. The monoisotopic (exact) mass is 469 g/mol. The van der Waals surface area contributed by atoms with Crippen LogP contribution in [0.25, 0.3) is 33.7 Å². The number of ether oxygens (including phenoxy) is 1. The topological polar surface area (TPSA) is 72.8 Å². The molecule has 0 unspecified atom stereocenters. The Labute approximate surface area is 200 Å². The molecule has 5 rings (SSSR count). The van der Waals surface area contributed by atoms with Crippen LogP contribution in [-0.4, -0.2) is 33.6 Å². The predicted octanol–water partition coefficient (Wildman–Crippen LogP) is 5.70. The Kier molecular flexibility index (Phi) is 6.26. The van der Waals surface area contributed by atoms with E-state index in [-0.39, 0.29) is 11.6 Å². The molecule has 0 saturated heterocycles. The predicted molar refractivity (Wildman–Crippen MR) is 131 cm³/mol. The zero-order valence-electron chi connectivity index (χ0n) is 18.9. The first-order valence-corrected chi connectivity index (χ1v) is 11.0. The molecule has 0 spiro atoms. The van der Waals surface area contributed by atoms with Crippen molar-refractivity contribution in [1.29, 1.82) is 0 Å². The lowest BCUT2D eigenvalue weighted by Gasteiger charge is -2.13. The Hall–Kier alpha value is -4.46. The van der Waals surface area contributed by atoms with Crippen LogP contribution in [0.3, 0.4) is 0 Å². The Bertz CT molecular complexity index is 1470. The fourth-order valence-electron chi connectivity index (χ4n) is 3.85. The number of hydrogen-bond donors (Lipinski definition) is 1. The Morgan fingerprint density at radius 2 is 1.40 bits per heavy atom. The van der Waals surface area contributed by atoms with Gasteiger partial charge in [0.25, 0.3) is 0 Å². The average Bonchev–Trinajstić information content (AvgIpc) is 2.89. The van der Waals surface area contributed by atoms with Gasteiger partial charge in [-0.1, -0.05) is 18.2 Å². The number of hydrogen-bond acceptors (Lipinski definition) is 6. The van der Waals surface area contributed by atoms with Gasteiger partial charge in [-0.25, -0.2) is 28.7 Å². The second-order valence-electron chi connectivity index (χ2n) is 7.82.